The van der Waals surface area contributed by atoms with Gasteiger partial charge in [-0.25, -0.2) is 4.79 Å². The van der Waals surface area contributed by atoms with Crippen molar-refractivity contribution in [3.63, 3.8) is 0 Å². The summed E-state index contributed by atoms with van der Waals surface area (Å²) in [5, 5.41) is 4.84. The molecule has 0 spiro atoms. The van der Waals surface area contributed by atoms with E-state index in [0.717, 1.165) is 51.6 Å². The Balaban J connectivity index is 2.00. The Kier molecular flexibility index (Phi) is 5.40. The second-order valence-corrected chi connectivity index (χ2v) is 7.23. The maximum atomic E-state index is 12.6. The van der Waals surface area contributed by atoms with Crippen LogP contribution in [-0.2, 0) is 11.2 Å². The SMILES string of the molecule is CCCCNC(=O)CCc1c(C)c2cc3c(C)c(C)oc3c(C)c2oc1=O. The van der Waals surface area contributed by atoms with E-state index in [1.807, 2.05) is 33.8 Å². The van der Waals surface area contributed by atoms with Crippen LogP contribution < -0.4 is 10.9 Å². The Morgan fingerprint density at radius 1 is 1.00 bits per heavy atom. The molecule has 0 unspecified atom stereocenters. The number of benzene rings is 1. The van der Waals surface area contributed by atoms with Gasteiger partial charge in [-0.1, -0.05) is 13.3 Å². The zero-order chi connectivity index (χ0) is 19.7. The van der Waals surface area contributed by atoms with Crippen LogP contribution in [0.1, 0.15) is 54.2 Å². The molecule has 0 aliphatic heterocycles. The van der Waals surface area contributed by atoms with Crippen LogP contribution >= 0.6 is 0 Å². The average molecular weight is 369 g/mol. The number of fused-ring (bicyclic) bond motifs is 2. The second kappa shape index (κ2) is 7.59. The third kappa shape index (κ3) is 3.51. The Hall–Kier alpha value is -2.56. The fraction of sp³-hybridized carbons (Fsp3) is 0.455. The third-order valence-electron chi connectivity index (χ3n) is 5.40. The number of carbonyl (C=O) groups excluding carboxylic acids is 1. The van der Waals surface area contributed by atoms with E-state index in [-0.39, 0.29) is 18.0 Å². The van der Waals surface area contributed by atoms with Crippen molar-refractivity contribution in [3.05, 3.63) is 44.5 Å². The van der Waals surface area contributed by atoms with Gasteiger partial charge in [0.2, 0.25) is 5.91 Å². The fourth-order valence-electron chi connectivity index (χ4n) is 3.51. The molecule has 3 aromatic rings. The summed E-state index contributed by atoms with van der Waals surface area (Å²) in [4.78, 5) is 24.6. The predicted molar refractivity (Wildman–Crippen MR) is 107 cm³/mol. The number of furan rings is 1. The first-order chi connectivity index (χ1) is 12.8. The molecule has 2 aromatic heterocycles. The molecule has 5 nitrogen and oxygen atoms in total. The molecule has 144 valence electrons. The number of unbranched alkanes of at least 4 members (excludes halogenated alkanes) is 1. The van der Waals surface area contributed by atoms with Gasteiger partial charge in [-0.05, 0) is 57.7 Å². The number of aryl methyl sites for hydroxylation is 4. The molecular weight excluding hydrogens is 342 g/mol. The lowest BCUT2D eigenvalue weighted by Crippen LogP contribution is -2.25. The summed E-state index contributed by atoms with van der Waals surface area (Å²) >= 11 is 0. The van der Waals surface area contributed by atoms with Crippen LogP contribution in [0, 0.1) is 27.7 Å². The number of nitrogens with one attached hydrogen (secondary N) is 1. The van der Waals surface area contributed by atoms with Crippen LogP contribution in [0.3, 0.4) is 0 Å². The van der Waals surface area contributed by atoms with Gasteiger partial charge in [0.05, 0.1) is 0 Å². The molecule has 5 heteroatoms. The Morgan fingerprint density at radius 3 is 2.37 bits per heavy atom. The summed E-state index contributed by atoms with van der Waals surface area (Å²) in [5.41, 5.74) is 4.35. The van der Waals surface area contributed by atoms with E-state index >= 15 is 0 Å². The van der Waals surface area contributed by atoms with E-state index in [1.165, 1.54) is 0 Å². The summed E-state index contributed by atoms with van der Waals surface area (Å²) < 4.78 is 11.5. The molecule has 0 saturated heterocycles. The lowest BCUT2D eigenvalue weighted by atomic mass is 9.98. The summed E-state index contributed by atoms with van der Waals surface area (Å²) in [6.45, 7) is 10.6. The first-order valence-corrected chi connectivity index (χ1v) is 9.57. The van der Waals surface area contributed by atoms with E-state index in [0.29, 0.717) is 24.1 Å². The maximum absolute atomic E-state index is 12.6. The van der Waals surface area contributed by atoms with Crippen LogP contribution in [-0.4, -0.2) is 12.5 Å². The lowest BCUT2D eigenvalue weighted by Gasteiger charge is -2.10. The van der Waals surface area contributed by atoms with Crippen molar-refractivity contribution < 1.29 is 13.6 Å². The van der Waals surface area contributed by atoms with Crippen molar-refractivity contribution in [3.8, 4) is 0 Å². The van der Waals surface area contributed by atoms with Crippen LogP contribution in [0.2, 0.25) is 0 Å². The van der Waals surface area contributed by atoms with Crippen LogP contribution in [0.25, 0.3) is 21.9 Å². The third-order valence-corrected chi connectivity index (χ3v) is 5.40. The highest BCUT2D eigenvalue weighted by Crippen LogP contribution is 2.34. The van der Waals surface area contributed by atoms with E-state index in [1.54, 1.807) is 0 Å². The smallest absolute Gasteiger partial charge is 0.339 e. The molecule has 0 fully saturated rings. The van der Waals surface area contributed by atoms with Gasteiger partial charge >= 0.3 is 5.63 Å². The number of rotatable bonds is 6. The number of hydrogen-bond acceptors (Lipinski definition) is 4. The Morgan fingerprint density at radius 2 is 1.67 bits per heavy atom. The first kappa shape index (κ1) is 19.2. The summed E-state index contributed by atoms with van der Waals surface area (Å²) in [6.07, 6.45) is 2.66. The largest absolute Gasteiger partial charge is 0.461 e. The van der Waals surface area contributed by atoms with Gasteiger partial charge < -0.3 is 14.2 Å². The van der Waals surface area contributed by atoms with Gasteiger partial charge in [-0.15, -0.1) is 0 Å². The lowest BCUT2D eigenvalue weighted by molar-refractivity contribution is -0.121. The second-order valence-electron chi connectivity index (χ2n) is 7.23. The Labute approximate surface area is 158 Å². The number of carbonyl (C=O) groups is 1. The minimum absolute atomic E-state index is 0.0321. The molecule has 2 heterocycles. The molecule has 1 N–H and O–H groups in total. The van der Waals surface area contributed by atoms with Gasteiger partial charge in [0.1, 0.15) is 16.9 Å². The monoisotopic (exact) mass is 369 g/mol. The summed E-state index contributed by atoms with van der Waals surface area (Å²) in [5.74, 6) is 0.836. The summed E-state index contributed by atoms with van der Waals surface area (Å²) in [6, 6.07) is 2.03. The van der Waals surface area contributed by atoms with Gasteiger partial charge in [-0.2, -0.15) is 0 Å². The van der Waals surface area contributed by atoms with Crippen LogP contribution in [0.15, 0.2) is 19.7 Å². The molecular formula is C22H27NO4. The van der Waals surface area contributed by atoms with Crippen molar-refractivity contribution in [2.24, 2.45) is 0 Å². The topological polar surface area (TPSA) is 72.5 Å². The predicted octanol–water partition coefficient (Wildman–Crippen LogP) is 4.62. The van der Waals surface area contributed by atoms with E-state index in [2.05, 4.69) is 12.2 Å². The molecule has 0 radical (unpaired) electrons. The van der Waals surface area contributed by atoms with Gasteiger partial charge in [0.15, 0.2) is 0 Å². The quantitative estimate of drug-likeness (QED) is 0.508. The summed E-state index contributed by atoms with van der Waals surface area (Å²) in [7, 11) is 0. The van der Waals surface area contributed by atoms with Crippen molar-refractivity contribution in [1.82, 2.24) is 5.32 Å². The zero-order valence-corrected chi connectivity index (χ0v) is 16.7. The molecule has 0 aliphatic rings. The fourth-order valence-corrected chi connectivity index (χ4v) is 3.51. The van der Waals surface area contributed by atoms with Crippen molar-refractivity contribution in [2.75, 3.05) is 6.54 Å². The molecule has 0 bridgehead atoms. The molecule has 3 rings (SSSR count). The zero-order valence-electron chi connectivity index (χ0n) is 16.7. The number of hydrogen-bond donors (Lipinski definition) is 1. The average Bonchev–Trinajstić information content (AvgIpc) is 2.91. The molecule has 0 atom stereocenters. The van der Waals surface area contributed by atoms with E-state index in [9.17, 15) is 9.59 Å². The molecule has 1 aromatic carbocycles. The van der Waals surface area contributed by atoms with Gasteiger partial charge in [0, 0.05) is 34.9 Å². The molecule has 0 saturated carbocycles. The minimum Gasteiger partial charge on any atom is -0.461 e. The molecule has 1 amide bonds. The van der Waals surface area contributed by atoms with Crippen molar-refractivity contribution in [2.45, 2.75) is 60.3 Å². The molecule has 0 aliphatic carbocycles. The van der Waals surface area contributed by atoms with Crippen LogP contribution in [0.4, 0.5) is 0 Å². The van der Waals surface area contributed by atoms with Gasteiger partial charge in [0.25, 0.3) is 0 Å². The van der Waals surface area contributed by atoms with E-state index < -0.39 is 0 Å². The standard InChI is InChI=1S/C22H27NO4/c1-6-7-10-23-19(24)9-8-16-13(3)18-11-17-12(2)15(5)26-20(17)14(4)21(18)27-22(16)25/h11H,6-10H2,1-5H3,(H,23,24). The highest BCUT2D eigenvalue weighted by atomic mass is 16.4. The van der Waals surface area contributed by atoms with E-state index in [4.69, 9.17) is 8.83 Å². The first-order valence-electron chi connectivity index (χ1n) is 9.57. The highest BCUT2D eigenvalue weighted by Gasteiger charge is 2.19. The highest BCUT2D eigenvalue weighted by molar-refractivity contribution is 6.00. The van der Waals surface area contributed by atoms with Gasteiger partial charge in [-0.3, -0.25) is 4.79 Å². The maximum Gasteiger partial charge on any atom is 0.339 e. The van der Waals surface area contributed by atoms with Crippen LogP contribution in [0.5, 0.6) is 0 Å². The Bertz CT molecular complexity index is 1070. The number of amides is 1. The normalized spacial score (nSPS) is 11.4. The minimum atomic E-state index is -0.371. The van der Waals surface area contributed by atoms with Crippen molar-refractivity contribution in [1.29, 1.82) is 0 Å². The van der Waals surface area contributed by atoms with Crippen molar-refractivity contribution >= 4 is 27.8 Å². The molecule has 27 heavy (non-hydrogen) atoms.